The number of likely N-dealkylation sites (tertiary alicyclic amines) is 3. The summed E-state index contributed by atoms with van der Waals surface area (Å²) in [5, 5.41) is 7.20. The largest absolute Gasteiger partial charge is 0.316 e. The van der Waals surface area contributed by atoms with Gasteiger partial charge in [0.25, 0.3) is 0 Å². The lowest BCUT2D eigenvalue weighted by Crippen LogP contribution is -2.50. The summed E-state index contributed by atoms with van der Waals surface area (Å²) < 4.78 is 0. The van der Waals surface area contributed by atoms with E-state index in [9.17, 15) is 0 Å². The molecule has 72 heavy (non-hydrogen) atoms. The predicted molar refractivity (Wildman–Crippen MR) is 327 cm³/mol. The number of piperidine rings is 4. The second kappa shape index (κ2) is 38.3. The summed E-state index contributed by atoms with van der Waals surface area (Å²) in [6.45, 7) is 72.3. The van der Waals surface area contributed by atoms with E-state index in [0.717, 1.165) is 113 Å². The summed E-state index contributed by atoms with van der Waals surface area (Å²) in [4.78, 5) is 12.9. The molecule has 0 aromatic rings. The fourth-order valence-corrected chi connectivity index (χ4v) is 11.8. The number of rotatable bonds is 12. The summed E-state index contributed by atoms with van der Waals surface area (Å²) in [5.74, 6) is 11.6. The van der Waals surface area contributed by atoms with Crippen LogP contribution in [0.2, 0.25) is 0 Å². The SMILES string of the molecule is C.CC(C)C1CCC(C(C)C)NC1.CC(C)C1CCCN(C(C)C)C1.CC(C)C1CCN(C(C)C)C1.CC(C)C1CCN(C(C)C)CC1.CC(C)C1CNCC(C(C)C)C1.CC(C)N1CCN(C(C)C)CC1. The van der Waals surface area contributed by atoms with Crippen molar-refractivity contribution in [2.24, 2.45) is 76.9 Å². The third-order valence-electron chi connectivity index (χ3n) is 18.7. The number of hydrogen-bond donors (Lipinski definition) is 2. The van der Waals surface area contributed by atoms with E-state index >= 15 is 0 Å². The molecule has 7 heteroatoms. The van der Waals surface area contributed by atoms with Crippen LogP contribution in [0.1, 0.15) is 225 Å². The van der Waals surface area contributed by atoms with Gasteiger partial charge in [-0.05, 0) is 243 Å². The fourth-order valence-electron chi connectivity index (χ4n) is 11.8. The molecule has 6 atom stereocenters. The van der Waals surface area contributed by atoms with E-state index in [4.69, 9.17) is 0 Å². The molecule has 7 nitrogen and oxygen atoms in total. The maximum Gasteiger partial charge on any atom is 0.0113 e. The minimum atomic E-state index is 0. The van der Waals surface area contributed by atoms with Crippen molar-refractivity contribution in [1.29, 1.82) is 0 Å². The van der Waals surface area contributed by atoms with Gasteiger partial charge in [-0.1, -0.05) is 104 Å². The Morgan fingerprint density at radius 2 is 0.625 bits per heavy atom. The van der Waals surface area contributed by atoms with Crippen molar-refractivity contribution in [2.75, 3.05) is 85.1 Å². The highest BCUT2D eigenvalue weighted by Gasteiger charge is 2.28. The van der Waals surface area contributed by atoms with Crippen LogP contribution in [0.4, 0.5) is 0 Å². The first kappa shape index (κ1) is 71.7. The van der Waals surface area contributed by atoms with Crippen LogP contribution in [0.3, 0.4) is 0 Å². The molecular formula is C65H139N7. The Hall–Kier alpha value is -0.280. The summed E-state index contributed by atoms with van der Waals surface area (Å²) in [6, 6.07) is 4.46. The molecule has 6 heterocycles. The minimum Gasteiger partial charge on any atom is -0.316 e. The van der Waals surface area contributed by atoms with E-state index in [0.29, 0.717) is 0 Å². The van der Waals surface area contributed by atoms with Crippen LogP contribution in [-0.2, 0) is 0 Å². The van der Waals surface area contributed by atoms with E-state index in [1.54, 1.807) is 0 Å². The molecule has 2 N–H and O–H groups in total. The van der Waals surface area contributed by atoms with Gasteiger partial charge in [-0.15, -0.1) is 0 Å². The first-order chi connectivity index (χ1) is 33.2. The maximum atomic E-state index is 3.65. The molecule has 6 fully saturated rings. The molecule has 0 radical (unpaired) electrons. The van der Waals surface area contributed by atoms with E-state index in [2.05, 4.69) is 201 Å². The molecule has 6 rings (SSSR count). The van der Waals surface area contributed by atoms with Gasteiger partial charge < -0.3 is 25.3 Å². The molecule has 0 saturated carbocycles. The van der Waals surface area contributed by atoms with Gasteiger partial charge >= 0.3 is 0 Å². The van der Waals surface area contributed by atoms with E-state index in [1.807, 2.05) is 0 Å². The third-order valence-corrected chi connectivity index (χ3v) is 18.7. The summed E-state index contributed by atoms with van der Waals surface area (Å²) >= 11 is 0. The van der Waals surface area contributed by atoms with Crippen LogP contribution in [0, 0.1) is 76.9 Å². The number of hydrogen-bond acceptors (Lipinski definition) is 7. The molecule has 0 spiro atoms. The van der Waals surface area contributed by atoms with E-state index in [-0.39, 0.29) is 7.43 Å². The summed E-state index contributed by atoms with van der Waals surface area (Å²) in [7, 11) is 0. The predicted octanol–water partition coefficient (Wildman–Crippen LogP) is 15.1. The van der Waals surface area contributed by atoms with Crippen molar-refractivity contribution >= 4 is 0 Å². The van der Waals surface area contributed by atoms with Gasteiger partial charge in [0.1, 0.15) is 0 Å². The van der Waals surface area contributed by atoms with Crippen LogP contribution in [-0.4, -0.2) is 146 Å². The molecule has 6 saturated heterocycles. The standard InChI is InChI=1S/4C11H23N.C10H22N2.C10H21N.CH4/c1-8(2)10-5-11(9(3)4)7-12-6-10;1-9(2)11-5-7-12(8-6-11)10(3)4;1-8(2)10-5-6-11(9(3)4)12-7-10;1-9(2)11-6-5-7-12(8-11)10(3)4;1-9(2)11-5-7-12(8-6-11)10(3)4;1-8(2)10-5-6-11(7-10)9(3)4;/h8-12H,5-7H2,1-4H3;9-11H,5-8H2,1-4H3;8-12H,5-7H2,1-4H3;9-11H,5-8H2,1-4H3;9-10H,5-8H2,1-4H3;8-10H,5-7H2,1-4H3;1H4. The number of nitrogens with zero attached hydrogens (tertiary/aromatic N) is 5. The van der Waals surface area contributed by atoms with E-state index < -0.39 is 0 Å². The van der Waals surface area contributed by atoms with E-state index in [1.165, 1.54) is 136 Å². The molecular weight excluding hydrogens is 879 g/mol. The Balaban J connectivity index is 0.000000838. The van der Waals surface area contributed by atoms with Crippen molar-refractivity contribution in [3.05, 3.63) is 0 Å². The quantitative estimate of drug-likeness (QED) is 0.202. The fraction of sp³-hybridized carbons (Fsp3) is 1.00. The second-order valence-electron chi connectivity index (χ2n) is 27.8. The van der Waals surface area contributed by atoms with Gasteiger partial charge in [0.05, 0.1) is 0 Å². The molecule has 0 bridgehead atoms. The van der Waals surface area contributed by atoms with Gasteiger partial charge in [-0.3, -0.25) is 9.80 Å². The van der Waals surface area contributed by atoms with Crippen molar-refractivity contribution in [3.8, 4) is 0 Å². The molecule has 0 aromatic heterocycles. The van der Waals surface area contributed by atoms with Gasteiger partial charge in [0, 0.05) is 75.5 Å². The minimum absolute atomic E-state index is 0. The zero-order chi connectivity index (χ0) is 54.1. The molecule has 0 aromatic carbocycles. The molecule has 434 valence electrons. The number of nitrogens with one attached hydrogen (secondary N) is 2. The van der Waals surface area contributed by atoms with Crippen LogP contribution < -0.4 is 10.6 Å². The van der Waals surface area contributed by atoms with Crippen LogP contribution in [0.15, 0.2) is 0 Å². The van der Waals surface area contributed by atoms with Crippen molar-refractivity contribution in [1.82, 2.24) is 35.1 Å². The lowest BCUT2D eigenvalue weighted by atomic mass is 9.79. The maximum absolute atomic E-state index is 3.65. The first-order valence-electron chi connectivity index (χ1n) is 31.3. The van der Waals surface area contributed by atoms with Crippen molar-refractivity contribution in [2.45, 2.75) is 261 Å². The molecule has 0 amide bonds. The normalized spacial score (nSPS) is 26.7. The Morgan fingerprint density at radius 1 is 0.292 bits per heavy atom. The average Bonchev–Trinajstić information content (AvgIpc) is 3.85. The smallest absolute Gasteiger partial charge is 0.0113 e. The zero-order valence-electron chi connectivity index (χ0n) is 53.1. The highest BCUT2D eigenvalue weighted by atomic mass is 15.3. The van der Waals surface area contributed by atoms with Gasteiger partial charge in [0.15, 0.2) is 0 Å². The molecule has 6 unspecified atom stereocenters. The van der Waals surface area contributed by atoms with Crippen LogP contribution in [0.25, 0.3) is 0 Å². The van der Waals surface area contributed by atoms with Gasteiger partial charge in [-0.2, -0.15) is 0 Å². The topological polar surface area (TPSA) is 40.3 Å². The Bertz CT molecular complexity index is 1040. The zero-order valence-corrected chi connectivity index (χ0v) is 53.1. The monoisotopic (exact) mass is 1020 g/mol. The molecule has 0 aliphatic carbocycles. The van der Waals surface area contributed by atoms with Crippen LogP contribution in [0.5, 0.6) is 0 Å². The molecule has 6 aliphatic heterocycles. The highest BCUT2D eigenvalue weighted by molar-refractivity contribution is 4.83. The Labute approximate surface area is 456 Å². The van der Waals surface area contributed by atoms with Crippen molar-refractivity contribution < 1.29 is 0 Å². The van der Waals surface area contributed by atoms with Gasteiger partial charge in [-0.25, -0.2) is 0 Å². The number of piperazine rings is 1. The van der Waals surface area contributed by atoms with Crippen LogP contribution >= 0.6 is 0 Å². The Morgan fingerprint density at radius 3 is 0.931 bits per heavy atom. The lowest BCUT2D eigenvalue weighted by molar-refractivity contribution is 0.0887. The second-order valence-corrected chi connectivity index (χ2v) is 27.8. The van der Waals surface area contributed by atoms with Crippen molar-refractivity contribution in [3.63, 3.8) is 0 Å². The van der Waals surface area contributed by atoms with Gasteiger partial charge in [0.2, 0.25) is 0 Å². The lowest BCUT2D eigenvalue weighted by Gasteiger charge is -2.38. The summed E-state index contributed by atoms with van der Waals surface area (Å²) in [5.41, 5.74) is 0. The summed E-state index contributed by atoms with van der Waals surface area (Å²) in [6.07, 6.45) is 11.3. The molecule has 6 aliphatic rings. The Kier molecular flexibility index (Phi) is 38.2. The average molecular weight is 1020 g/mol. The highest BCUT2D eigenvalue weighted by Crippen LogP contribution is 2.29. The third kappa shape index (κ3) is 28.9. The first-order valence-corrected chi connectivity index (χ1v) is 31.3.